The van der Waals surface area contributed by atoms with Crippen molar-refractivity contribution in [2.45, 2.75) is 44.3 Å². The summed E-state index contributed by atoms with van der Waals surface area (Å²) in [5.41, 5.74) is 1.42. The molecule has 0 spiro atoms. The highest BCUT2D eigenvalue weighted by Crippen LogP contribution is 2.30. The first-order chi connectivity index (χ1) is 9.61. The van der Waals surface area contributed by atoms with E-state index in [0.29, 0.717) is 25.9 Å². The van der Waals surface area contributed by atoms with Gasteiger partial charge < -0.3 is 14.4 Å². The monoisotopic (exact) mass is 274 g/mol. The van der Waals surface area contributed by atoms with E-state index >= 15 is 0 Å². The molecule has 1 aliphatic heterocycles. The highest BCUT2D eigenvalue weighted by molar-refractivity contribution is 5.75. The Morgan fingerprint density at radius 1 is 1.45 bits per heavy atom. The Bertz CT molecular complexity index is 608. The minimum atomic E-state index is -0.686. The van der Waals surface area contributed by atoms with Gasteiger partial charge in [0.2, 0.25) is 0 Å². The summed E-state index contributed by atoms with van der Waals surface area (Å²) in [5.74, 6) is 0.949. The molecule has 2 heterocycles. The van der Waals surface area contributed by atoms with E-state index in [0.717, 1.165) is 23.3 Å². The van der Waals surface area contributed by atoms with Crippen molar-refractivity contribution >= 4 is 11.0 Å². The SMILES string of the molecule is CCC1CC(O)(Cc2nc3ccccc3n2C)CCO1. The van der Waals surface area contributed by atoms with E-state index < -0.39 is 5.60 Å². The van der Waals surface area contributed by atoms with Crippen LogP contribution in [0.5, 0.6) is 0 Å². The van der Waals surface area contributed by atoms with Gasteiger partial charge in [0.1, 0.15) is 5.82 Å². The maximum Gasteiger partial charge on any atom is 0.112 e. The normalized spacial score (nSPS) is 27.1. The van der Waals surface area contributed by atoms with E-state index in [1.807, 2.05) is 25.2 Å². The van der Waals surface area contributed by atoms with Gasteiger partial charge in [-0.15, -0.1) is 0 Å². The molecule has 3 rings (SSSR count). The average molecular weight is 274 g/mol. The summed E-state index contributed by atoms with van der Waals surface area (Å²) in [6, 6.07) is 8.09. The number of hydrogen-bond donors (Lipinski definition) is 1. The summed E-state index contributed by atoms with van der Waals surface area (Å²) >= 11 is 0. The lowest BCUT2D eigenvalue weighted by Crippen LogP contribution is -2.42. The standard InChI is InChI=1S/C16H22N2O2/c1-3-12-10-16(19,8-9-20-12)11-15-17-13-6-4-5-7-14(13)18(15)2/h4-7,12,19H,3,8-11H2,1-2H3. The van der Waals surface area contributed by atoms with Crippen LogP contribution in [0.15, 0.2) is 24.3 Å². The van der Waals surface area contributed by atoms with Gasteiger partial charge in [0.25, 0.3) is 0 Å². The topological polar surface area (TPSA) is 47.3 Å². The zero-order valence-corrected chi connectivity index (χ0v) is 12.2. The number of imidazole rings is 1. The summed E-state index contributed by atoms with van der Waals surface area (Å²) in [5, 5.41) is 10.8. The third kappa shape index (κ3) is 2.45. The van der Waals surface area contributed by atoms with Crippen LogP contribution in [0.3, 0.4) is 0 Å². The Balaban J connectivity index is 1.86. The molecule has 108 valence electrons. The molecule has 4 nitrogen and oxygen atoms in total. The smallest absolute Gasteiger partial charge is 0.112 e. The van der Waals surface area contributed by atoms with Crippen LogP contribution < -0.4 is 0 Å². The molecule has 2 aromatic rings. The third-order valence-corrected chi connectivity index (χ3v) is 4.35. The third-order valence-electron chi connectivity index (χ3n) is 4.35. The second kappa shape index (κ2) is 5.19. The van der Waals surface area contributed by atoms with Crippen molar-refractivity contribution in [3.05, 3.63) is 30.1 Å². The summed E-state index contributed by atoms with van der Waals surface area (Å²) in [6.07, 6.45) is 3.10. The minimum Gasteiger partial charge on any atom is -0.389 e. The maximum atomic E-state index is 10.8. The number of aliphatic hydroxyl groups is 1. The molecule has 1 aromatic heterocycles. The Hall–Kier alpha value is -1.39. The second-order valence-corrected chi connectivity index (χ2v) is 5.83. The molecule has 0 bridgehead atoms. The molecule has 2 atom stereocenters. The van der Waals surface area contributed by atoms with Crippen molar-refractivity contribution in [2.24, 2.45) is 7.05 Å². The Morgan fingerprint density at radius 2 is 2.25 bits per heavy atom. The van der Waals surface area contributed by atoms with Gasteiger partial charge in [-0.2, -0.15) is 0 Å². The van der Waals surface area contributed by atoms with Crippen LogP contribution >= 0.6 is 0 Å². The fourth-order valence-electron chi connectivity index (χ4n) is 3.07. The lowest BCUT2D eigenvalue weighted by molar-refractivity contribution is -0.104. The first-order valence-electron chi connectivity index (χ1n) is 7.35. The number of benzene rings is 1. The summed E-state index contributed by atoms with van der Waals surface area (Å²) < 4.78 is 7.75. The highest BCUT2D eigenvalue weighted by Gasteiger charge is 2.35. The molecule has 0 amide bonds. The Kier molecular flexibility index (Phi) is 3.52. The van der Waals surface area contributed by atoms with E-state index in [4.69, 9.17) is 4.74 Å². The molecule has 0 radical (unpaired) electrons. The molecule has 2 unspecified atom stereocenters. The quantitative estimate of drug-likeness (QED) is 0.935. The van der Waals surface area contributed by atoms with Gasteiger partial charge in [-0.3, -0.25) is 0 Å². The summed E-state index contributed by atoms with van der Waals surface area (Å²) in [4.78, 5) is 4.66. The Labute approximate surface area is 119 Å². The first-order valence-corrected chi connectivity index (χ1v) is 7.35. The van der Waals surface area contributed by atoms with Gasteiger partial charge in [0, 0.05) is 32.9 Å². The van der Waals surface area contributed by atoms with Crippen LogP contribution in [0.25, 0.3) is 11.0 Å². The van der Waals surface area contributed by atoms with Crippen molar-refractivity contribution in [3.63, 3.8) is 0 Å². The van der Waals surface area contributed by atoms with Gasteiger partial charge >= 0.3 is 0 Å². The van der Waals surface area contributed by atoms with E-state index in [1.54, 1.807) is 0 Å². The Morgan fingerprint density at radius 3 is 3.00 bits per heavy atom. The first kappa shape index (κ1) is 13.6. The largest absolute Gasteiger partial charge is 0.389 e. The molecule has 1 N–H and O–H groups in total. The fraction of sp³-hybridized carbons (Fsp3) is 0.562. The summed E-state index contributed by atoms with van der Waals surface area (Å²) in [6.45, 7) is 2.74. The predicted octanol–water partition coefficient (Wildman–Crippen LogP) is 2.44. The number of aromatic nitrogens is 2. The second-order valence-electron chi connectivity index (χ2n) is 5.83. The molecule has 1 fully saturated rings. The van der Waals surface area contributed by atoms with Gasteiger partial charge in [-0.1, -0.05) is 19.1 Å². The molecule has 4 heteroatoms. The molecule has 1 saturated heterocycles. The van der Waals surface area contributed by atoms with Crippen molar-refractivity contribution in [2.75, 3.05) is 6.61 Å². The van der Waals surface area contributed by atoms with Crippen molar-refractivity contribution in [3.8, 4) is 0 Å². The molecular formula is C16H22N2O2. The predicted molar refractivity (Wildman–Crippen MR) is 78.6 cm³/mol. The number of para-hydroxylation sites is 2. The zero-order valence-electron chi connectivity index (χ0n) is 12.2. The minimum absolute atomic E-state index is 0.170. The summed E-state index contributed by atoms with van der Waals surface area (Å²) in [7, 11) is 2.02. The van der Waals surface area contributed by atoms with Gasteiger partial charge in [-0.25, -0.2) is 4.98 Å². The van der Waals surface area contributed by atoms with Crippen molar-refractivity contribution < 1.29 is 9.84 Å². The van der Waals surface area contributed by atoms with Gasteiger partial charge in [-0.05, 0) is 18.6 Å². The number of hydrogen-bond acceptors (Lipinski definition) is 3. The molecular weight excluding hydrogens is 252 g/mol. The molecule has 0 saturated carbocycles. The van der Waals surface area contributed by atoms with E-state index in [-0.39, 0.29) is 6.10 Å². The van der Waals surface area contributed by atoms with Gasteiger partial charge in [0.05, 0.1) is 22.7 Å². The van der Waals surface area contributed by atoms with E-state index in [9.17, 15) is 5.11 Å². The van der Waals surface area contributed by atoms with Crippen LogP contribution in [0.4, 0.5) is 0 Å². The molecule has 1 aromatic carbocycles. The van der Waals surface area contributed by atoms with E-state index in [1.165, 1.54) is 0 Å². The number of rotatable bonds is 3. The molecule has 1 aliphatic rings. The fourth-order valence-corrected chi connectivity index (χ4v) is 3.07. The van der Waals surface area contributed by atoms with Gasteiger partial charge in [0.15, 0.2) is 0 Å². The van der Waals surface area contributed by atoms with Crippen LogP contribution in [0.1, 0.15) is 32.0 Å². The van der Waals surface area contributed by atoms with Crippen LogP contribution in [-0.2, 0) is 18.2 Å². The average Bonchev–Trinajstić information content (AvgIpc) is 2.75. The van der Waals surface area contributed by atoms with E-state index in [2.05, 4.69) is 22.5 Å². The number of ether oxygens (including phenoxy) is 1. The number of fused-ring (bicyclic) bond motifs is 1. The highest BCUT2D eigenvalue weighted by atomic mass is 16.5. The zero-order chi connectivity index (χ0) is 14.2. The van der Waals surface area contributed by atoms with Crippen LogP contribution in [0, 0.1) is 0 Å². The van der Waals surface area contributed by atoms with Crippen LogP contribution in [0.2, 0.25) is 0 Å². The number of aryl methyl sites for hydroxylation is 1. The van der Waals surface area contributed by atoms with Crippen LogP contribution in [-0.4, -0.2) is 33.0 Å². The molecule has 20 heavy (non-hydrogen) atoms. The number of nitrogens with zero attached hydrogens (tertiary/aromatic N) is 2. The van der Waals surface area contributed by atoms with Crippen molar-refractivity contribution in [1.82, 2.24) is 9.55 Å². The van der Waals surface area contributed by atoms with Crippen molar-refractivity contribution in [1.29, 1.82) is 0 Å². The molecule has 0 aliphatic carbocycles. The lowest BCUT2D eigenvalue weighted by Gasteiger charge is -2.36. The maximum absolute atomic E-state index is 10.8. The lowest BCUT2D eigenvalue weighted by atomic mass is 9.86.